The molecule has 0 unspecified atom stereocenters. The summed E-state index contributed by atoms with van der Waals surface area (Å²) in [7, 11) is 0. The number of fused-ring (bicyclic) bond motifs is 2. The molecule has 3 nitrogen and oxygen atoms in total. The van der Waals surface area contributed by atoms with Crippen molar-refractivity contribution in [1.82, 2.24) is 4.57 Å². The molecule has 0 radical (unpaired) electrons. The average molecular weight is 445 g/mol. The van der Waals surface area contributed by atoms with Gasteiger partial charge in [-0.2, -0.15) is 0 Å². The molecule has 0 fully saturated rings. The molecule has 3 aromatic carbocycles. The summed E-state index contributed by atoms with van der Waals surface area (Å²) >= 11 is 0. The van der Waals surface area contributed by atoms with E-state index in [9.17, 15) is 0 Å². The lowest BCUT2D eigenvalue weighted by Gasteiger charge is -2.24. The van der Waals surface area contributed by atoms with Crippen molar-refractivity contribution in [3.8, 4) is 5.75 Å². The Kier molecular flexibility index (Phi) is 6.12. The summed E-state index contributed by atoms with van der Waals surface area (Å²) in [6.07, 6.45) is 4.48. The van der Waals surface area contributed by atoms with Crippen LogP contribution >= 0.6 is 0 Å². The highest BCUT2D eigenvalue weighted by atomic mass is 35.5. The molecule has 0 saturated carbocycles. The van der Waals surface area contributed by atoms with Gasteiger partial charge in [-0.15, -0.1) is 0 Å². The molecule has 1 aromatic heterocycles. The van der Waals surface area contributed by atoms with Crippen LogP contribution in [0.4, 0.5) is 0 Å². The minimum absolute atomic E-state index is 0. The molecule has 1 aliphatic rings. The monoisotopic (exact) mass is 444 g/mol. The first-order valence-electron chi connectivity index (χ1n) is 11.0. The fourth-order valence-electron chi connectivity index (χ4n) is 4.32. The van der Waals surface area contributed by atoms with Crippen LogP contribution in [0.5, 0.6) is 5.75 Å². The average Bonchev–Trinajstić information content (AvgIpc) is 3.11. The molecule has 164 valence electrons. The number of halogens is 1. The second kappa shape index (κ2) is 8.84. The molecule has 0 saturated heterocycles. The highest BCUT2D eigenvalue weighted by Crippen LogP contribution is 2.35. The van der Waals surface area contributed by atoms with Crippen molar-refractivity contribution in [3.05, 3.63) is 102 Å². The molecule has 0 N–H and O–H groups in total. The Morgan fingerprint density at radius 1 is 0.938 bits per heavy atom. The van der Waals surface area contributed by atoms with Gasteiger partial charge in [-0.25, -0.2) is 9.13 Å². The van der Waals surface area contributed by atoms with Crippen molar-refractivity contribution >= 4 is 16.6 Å². The van der Waals surface area contributed by atoms with Crippen LogP contribution in [0, 0.1) is 0 Å². The second-order valence-corrected chi connectivity index (χ2v) is 9.35. The summed E-state index contributed by atoms with van der Waals surface area (Å²) in [5.74, 6) is 0.985. The lowest BCUT2D eigenvalue weighted by molar-refractivity contribution is -0.663. The molecule has 0 atom stereocenters. The number of allylic oxidation sites excluding steroid dienone is 1. The van der Waals surface area contributed by atoms with Crippen molar-refractivity contribution in [2.75, 3.05) is 6.61 Å². The summed E-state index contributed by atoms with van der Waals surface area (Å²) in [6, 6.07) is 25.9. The van der Waals surface area contributed by atoms with Crippen LogP contribution in [-0.2, 0) is 18.5 Å². The summed E-state index contributed by atoms with van der Waals surface area (Å²) in [5, 5.41) is 0. The van der Waals surface area contributed by atoms with Crippen LogP contribution in [0.2, 0.25) is 0 Å². The summed E-state index contributed by atoms with van der Waals surface area (Å²) in [4.78, 5) is 0. The number of ether oxygens (including phenoxy) is 1. The summed E-state index contributed by atoms with van der Waals surface area (Å²) in [6.45, 7) is 9.09. The number of nitrogens with zero attached hydrogens (tertiary/aromatic N) is 2. The highest BCUT2D eigenvalue weighted by molar-refractivity contribution is 5.76. The maximum atomic E-state index is 5.94. The normalized spacial score (nSPS) is 13.2. The van der Waals surface area contributed by atoms with Crippen LogP contribution in [0.3, 0.4) is 0 Å². The molecule has 5 rings (SSSR count). The molecule has 32 heavy (non-hydrogen) atoms. The van der Waals surface area contributed by atoms with Crippen LogP contribution in [-0.4, -0.2) is 11.2 Å². The van der Waals surface area contributed by atoms with E-state index in [0.29, 0.717) is 6.61 Å². The summed E-state index contributed by atoms with van der Waals surface area (Å²) < 4.78 is 10.6. The standard InChI is InChI=1S/C28H29N2O.ClH/c1-28(2,3)23-13-14-27-24(17-23)22(15-16-31-27)19-30-20-29(18-21-9-5-4-6-10-21)25-11-7-8-12-26(25)30;/h4-15,17,20H,16,18-19H2,1-3H3;1H/q+1;/p-1. The van der Waals surface area contributed by atoms with Crippen LogP contribution < -0.4 is 21.7 Å². The first-order chi connectivity index (χ1) is 15.0. The molecule has 4 heteroatoms. The predicted molar refractivity (Wildman–Crippen MR) is 126 cm³/mol. The fourth-order valence-corrected chi connectivity index (χ4v) is 4.32. The number of hydrogen-bond acceptors (Lipinski definition) is 1. The Balaban J connectivity index is 0.00000245. The van der Waals surface area contributed by atoms with E-state index < -0.39 is 0 Å². The van der Waals surface area contributed by atoms with E-state index >= 15 is 0 Å². The van der Waals surface area contributed by atoms with Gasteiger partial charge in [0, 0.05) is 11.1 Å². The van der Waals surface area contributed by atoms with Crippen molar-refractivity contribution in [1.29, 1.82) is 0 Å². The molecule has 0 amide bonds. The van der Waals surface area contributed by atoms with Gasteiger partial charge in [0.2, 0.25) is 6.33 Å². The number of aromatic nitrogens is 2. The van der Waals surface area contributed by atoms with Gasteiger partial charge < -0.3 is 17.1 Å². The highest BCUT2D eigenvalue weighted by Gasteiger charge is 2.23. The third-order valence-electron chi connectivity index (χ3n) is 6.08. The Morgan fingerprint density at radius 2 is 1.69 bits per heavy atom. The zero-order valence-corrected chi connectivity index (χ0v) is 19.6. The number of rotatable bonds is 4. The van der Waals surface area contributed by atoms with Gasteiger partial charge in [0.25, 0.3) is 0 Å². The first-order valence-corrected chi connectivity index (χ1v) is 11.0. The molecule has 0 aliphatic carbocycles. The van der Waals surface area contributed by atoms with E-state index in [2.05, 4.69) is 115 Å². The van der Waals surface area contributed by atoms with Crippen LogP contribution in [0.15, 0.2) is 85.2 Å². The minimum Gasteiger partial charge on any atom is -1.00 e. The Labute approximate surface area is 196 Å². The van der Waals surface area contributed by atoms with Gasteiger partial charge >= 0.3 is 0 Å². The van der Waals surface area contributed by atoms with Crippen LogP contribution in [0.25, 0.3) is 16.6 Å². The van der Waals surface area contributed by atoms with E-state index in [1.165, 1.54) is 33.3 Å². The number of imidazole rings is 1. The molecular weight excluding hydrogens is 416 g/mol. The van der Waals surface area contributed by atoms with Crippen molar-refractivity contribution in [2.24, 2.45) is 0 Å². The molecule has 0 spiro atoms. The third-order valence-corrected chi connectivity index (χ3v) is 6.08. The van der Waals surface area contributed by atoms with Crippen molar-refractivity contribution in [2.45, 2.75) is 39.3 Å². The van der Waals surface area contributed by atoms with Gasteiger partial charge in [0.05, 0.1) is 0 Å². The number of benzene rings is 3. The quantitative estimate of drug-likeness (QED) is 0.443. The lowest BCUT2D eigenvalue weighted by Crippen LogP contribution is -3.00. The van der Waals surface area contributed by atoms with E-state index in [4.69, 9.17) is 4.74 Å². The largest absolute Gasteiger partial charge is 1.00 e. The SMILES string of the molecule is CC(C)(C)c1ccc2c(c1)C(Cn1c[n+](Cc3ccccc3)c3ccccc31)=CCO2.[Cl-]. The van der Waals surface area contributed by atoms with E-state index in [0.717, 1.165) is 18.8 Å². The third kappa shape index (κ3) is 4.31. The van der Waals surface area contributed by atoms with Gasteiger partial charge in [-0.05, 0) is 46.9 Å². The maximum Gasteiger partial charge on any atom is 0.245 e. The molecular formula is C28H29ClN2O. The van der Waals surface area contributed by atoms with Crippen molar-refractivity contribution in [3.63, 3.8) is 0 Å². The van der Waals surface area contributed by atoms with Gasteiger partial charge in [-0.1, -0.05) is 69.3 Å². The Bertz CT molecular complexity index is 1270. The molecule has 2 heterocycles. The first kappa shape index (κ1) is 22.2. The molecule has 1 aliphatic heterocycles. The Morgan fingerprint density at radius 3 is 2.47 bits per heavy atom. The smallest absolute Gasteiger partial charge is 0.245 e. The van der Waals surface area contributed by atoms with Gasteiger partial charge in [0.1, 0.15) is 25.4 Å². The fraction of sp³-hybridized carbons (Fsp3) is 0.250. The number of hydrogen-bond donors (Lipinski definition) is 0. The molecule has 4 aromatic rings. The lowest BCUT2D eigenvalue weighted by atomic mass is 9.85. The second-order valence-electron chi connectivity index (χ2n) is 9.35. The zero-order chi connectivity index (χ0) is 21.4. The van der Waals surface area contributed by atoms with E-state index in [1.54, 1.807) is 0 Å². The molecule has 0 bridgehead atoms. The van der Waals surface area contributed by atoms with Gasteiger partial charge in [0.15, 0.2) is 11.0 Å². The van der Waals surface area contributed by atoms with Gasteiger partial charge in [-0.3, -0.25) is 0 Å². The zero-order valence-electron chi connectivity index (χ0n) is 18.9. The predicted octanol–water partition coefficient (Wildman–Crippen LogP) is 2.75. The maximum absolute atomic E-state index is 5.94. The minimum atomic E-state index is 0. The number of para-hydroxylation sites is 2. The Hall–Kier alpha value is -3.04. The van der Waals surface area contributed by atoms with E-state index in [1.807, 2.05) is 0 Å². The topological polar surface area (TPSA) is 18.0 Å². The van der Waals surface area contributed by atoms with Crippen molar-refractivity contribution < 1.29 is 21.7 Å². The van der Waals surface area contributed by atoms with E-state index in [-0.39, 0.29) is 17.8 Å². The summed E-state index contributed by atoms with van der Waals surface area (Å²) in [5.41, 5.74) is 7.78. The van der Waals surface area contributed by atoms with Crippen LogP contribution in [0.1, 0.15) is 37.5 Å².